The van der Waals surface area contributed by atoms with Crippen molar-refractivity contribution in [3.05, 3.63) is 0 Å². The van der Waals surface area contributed by atoms with E-state index in [0.29, 0.717) is 18.1 Å². The van der Waals surface area contributed by atoms with Gasteiger partial charge in [-0.2, -0.15) is 0 Å². The minimum absolute atomic E-state index is 0.215. The molecule has 6 unspecified atom stereocenters. The first-order valence-electron chi connectivity index (χ1n) is 13.2. The summed E-state index contributed by atoms with van der Waals surface area (Å²) in [5, 5.41) is 13.5. The fraction of sp³-hybridized carbons (Fsp3) is 1.00. The Balaban J connectivity index is 0.000000338. The number of epoxide rings is 1. The molecule has 12 heteroatoms. The van der Waals surface area contributed by atoms with Gasteiger partial charge in [-0.25, -0.2) is 0 Å². The van der Waals surface area contributed by atoms with Crippen LogP contribution in [0.25, 0.3) is 0 Å². The first-order chi connectivity index (χ1) is 17.3. The quantitative estimate of drug-likeness (QED) is 0.231. The Bertz CT molecular complexity index is 556. The molecular weight excluding hydrogens is 500 g/mol. The summed E-state index contributed by atoms with van der Waals surface area (Å²) in [6.45, 7) is 0. The van der Waals surface area contributed by atoms with Gasteiger partial charge in [-0.3, -0.25) is 0 Å². The van der Waals surface area contributed by atoms with Crippen molar-refractivity contribution in [3.8, 4) is 0 Å². The molecule has 1 saturated heterocycles. The molecule has 0 bridgehead atoms. The van der Waals surface area contributed by atoms with E-state index < -0.39 is 17.6 Å². The van der Waals surface area contributed by atoms with Crippen molar-refractivity contribution < 1.29 is 36.4 Å². The summed E-state index contributed by atoms with van der Waals surface area (Å²) in [6.07, 6.45) is 9.90. The largest absolute Gasteiger partial charge is 0.500 e. The maximum Gasteiger partial charge on any atom is 0.500 e. The fourth-order valence-corrected chi connectivity index (χ4v) is 9.22. The van der Waals surface area contributed by atoms with Gasteiger partial charge in [-0.1, -0.05) is 6.42 Å². The lowest BCUT2D eigenvalue weighted by atomic mass is 9.81. The molecule has 0 aromatic carbocycles. The van der Waals surface area contributed by atoms with E-state index in [-0.39, 0.29) is 12.1 Å². The normalized spacial score (nSPS) is 29.8. The molecule has 1 aliphatic heterocycles. The Hall–Kier alpha value is 0.0338. The molecular formula is C24H54N2O8Si2. The average Bonchev–Trinajstić information content (AvgIpc) is 3.72. The molecule has 3 rings (SSSR count). The summed E-state index contributed by atoms with van der Waals surface area (Å²) in [5.41, 5.74) is 4.50. The number of rotatable bonds is 13. The number of nitrogens with two attached hydrogens (primary N) is 1. The number of aliphatic hydroxyl groups is 1. The molecule has 0 aromatic heterocycles. The second kappa shape index (κ2) is 17.6. The molecule has 0 aromatic rings. The van der Waals surface area contributed by atoms with Crippen LogP contribution >= 0.6 is 0 Å². The first kappa shape index (κ1) is 34.1. The van der Waals surface area contributed by atoms with Gasteiger partial charge in [-0.15, -0.1) is 0 Å². The second-order valence-electron chi connectivity index (χ2n) is 9.64. The number of ether oxygens (including phenoxy) is 1. The summed E-state index contributed by atoms with van der Waals surface area (Å²) in [4.78, 5) is 0. The fourth-order valence-electron chi connectivity index (χ4n) is 5.50. The molecule has 3 aliphatic rings. The van der Waals surface area contributed by atoms with E-state index in [1.54, 1.807) is 42.7 Å². The summed E-state index contributed by atoms with van der Waals surface area (Å²) in [6, 6.07) is 1.89. The molecule has 0 radical (unpaired) electrons. The van der Waals surface area contributed by atoms with E-state index in [2.05, 4.69) is 11.1 Å². The molecule has 3 fully saturated rings. The predicted molar refractivity (Wildman–Crippen MR) is 145 cm³/mol. The van der Waals surface area contributed by atoms with Gasteiger partial charge in [0.15, 0.2) is 0 Å². The topological polar surface area (TPSA) is 126 Å². The molecule has 2 saturated carbocycles. The summed E-state index contributed by atoms with van der Waals surface area (Å²) < 4.78 is 38.1. The van der Waals surface area contributed by atoms with Crippen molar-refractivity contribution in [1.82, 2.24) is 5.32 Å². The molecule has 216 valence electrons. The van der Waals surface area contributed by atoms with Crippen molar-refractivity contribution in [2.24, 2.45) is 17.6 Å². The Labute approximate surface area is 221 Å². The second-order valence-corrected chi connectivity index (χ2v) is 15.8. The standard InChI is InChI=1S/C12H27NO4Si.C11H22O4Si.CH5N/c1-13-11-7-5-6-10(12(11)14)8-9-18(15-2,16-3)17-4;1-12-16(13-2,14-3)7-6-9-4-5-10-11(8-9)15-10;1-2/h10-14H,5-9H2,1-4H3;9-11H,4-8H2,1-3H3;2H2,1H3. The Morgan fingerprint density at radius 1 is 0.778 bits per heavy atom. The van der Waals surface area contributed by atoms with Gasteiger partial charge in [0.1, 0.15) is 0 Å². The Morgan fingerprint density at radius 2 is 1.31 bits per heavy atom. The molecule has 6 atom stereocenters. The molecule has 2 aliphatic carbocycles. The van der Waals surface area contributed by atoms with Crippen LogP contribution in [0.2, 0.25) is 12.1 Å². The zero-order valence-corrected chi connectivity index (χ0v) is 25.9. The zero-order valence-electron chi connectivity index (χ0n) is 23.9. The highest BCUT2D eigenvalue weighted by molar-refractivity contribution is 6.60. The van der Waals surface area contributed by atoms with Gasteiger partial charge in [0.25, 0.3) is 0 Å². The monoisotopic (exact) mass is 554 g/mol. The number of likely N-dealkylation sites (N-methyl/N-ethyl adjacent to an activating group) is 1. The predicted octanol–water partition coefficient (Wildman–Crippen LogP) is 2.40. The lowest BCUT2D eigenvalue weighted by Crippen LogP contribution is -2.47. The Kier molecular flexibility index (Phi) is 16.6. The van der Waals surface area contributed by atoms with E-state index >= 15 is 0 Å². The SMILES string of the molecule is CN.CNC1CCCC(CC[Si](OC)(OC)OC)C1O.CO[Si](CCC1CCC2OC2C1)(OC)OC. The number of hydrogen-bond acceptors (Lipinski definition) is 10. The van der Waals surface area contributed by atoms with Gasteiger partial charge in [-0.05, 0) is 70.9 Å². The van der Waals surface area contributed by atoms with E-state index in [0.717, 1.165) is 50.1 Å². The van der Waals surface area contributed by atoms with Crippen LogP contribution < -0.4 is 11.1 Å². The van der Waals surface area contributed by atoms with Crippen molar-refractivity contribution in [2.75, 3.05) is 56.8 Å². The summed E-state index contributed by atoms with van der Waals surface area (Å²) in [5.74, 6) is 1.07. The maximum atomic E-state index is 10.3. The number of aliphatic hydroxyl groups excluding tert-OH is 1. The van der Waals surface area contributed by atoms with Crippen LogP contribution in [0.3, 0.4) is 0 Å². The molecule has 4 N–H and O–H groups in total. The van der Waals surface area contributed by atoms with E-state index in [1.165, 1.54) is 26.3 Å². The van der Waals surface area contributed by atoms with Crippen LogP contribution in [-0.4, -0.2) is 104 Å². The van der Waals surface area contributed by atoms with Crippen molar-refractivity contribution in [1.29, 1.82) is 0 Å². The molecule has 10 nitrogen and oxygen atoms in total. The third-order valence-corrected chi connectivity index (χ3v) is 13.5. The minimum Gasteiger partial charge on any atom is -0.391 e. The third kappa shape index (κ3) is 9.97. The van der Waals surface area contributed by atoms with Crippen LogP contribution in [-0.2, 0) is 31.3 Å². The lowest BCUT2D eigenvalue weighted by molar-refractivity contribution is 0.0348. The maximum absolute atomic E-state index is 10.3. The van der Waals surface area contributed by atoms with Gasteiger partial charge in [0.2, 0.25) is 0 Å². The van der Waals surface area contributed by atoms with Crippen LogP contribution in [0.4, 0.5) is 0 Å². The summed E-state index contributed by atoms with van der Waals surface area (Å²) >= 11 is 0. The number of fused-ring (bicyclic) bond motifs is 1. The van der Waals surface area contributed by atoms with E-state index in [1.807, 2.05) is 7.05 Å². The smallest absolute Gasteiger partial charge is 0.391 e. The van der Waals surface area contributed by atoms with Gasteiger partial charge >= 0.3 is 17.6 Å². The molecule has 36 heavy (non-hydrogen) atoms. The number of nitrogens with one attached hydrogen (secondary N) is 1. The lowest BCUT2D eigenvalue weighted by Gasteiger charge is -2.36. The summed E-state index contributed by atoms with van der Waals surface area (Å²) in [7, 11) is 8.50. The van der Waals surface area contributed by atoms with E-state index in [4.69, 9.17) is 31.3 Å². The van der Waals surface area contributed by atoms with Crippen molar-refractivity contribution >= 4 is 17.6 Å². The van der Waals surface area contributed by atoms with Crippen molar-refractivity contribution in [2.45, 2.75) is 87.8 Å². The highest BCUT2D eigenvalue weighted by Crippen LogP contribution is 2.41. The molecule has 0 spiro atoms. The van der Waals surface area contributed by atoms with E-state index in [9.17, 15) is 5.11 Å². The van der Waals surface area contributed by atoms with Gasteiger partial charge < -0.3 is 47.4 Å². The van der Waals surface area contributed by atoms with Crippen LogP contribution in [0.15, 0.2) is 0 Å². The van der Waals surface area contributed by atoms with Gasteiger partial charge in [0, 0.05) is 60.8 Å². The number of hydrogen-bond donors (Lipinski definition) is 3. The third-order valence-electron chi connectivity index (χ3n) is 8.01. The molecule has 0 amide bonds. The minimum atomic E-state index is -2.49. The highest BCUT2D eigenvalue weighted by Gasteiger charge is 2.45. The highest BCUT2D eigenvalue weighted by atomic mass is 28.4. The molecule has 1 heterocycles. The van der Waals surface area contributed by atoms with Crippen LogP contribution in [0.1, 0.15) is 51.4 Å². The van der Waals surface area contributed by atoms with Crippen molar-refractivity contribution in [3.63, 3.8) is 0 Å². The first-order valence-corrected chi connectivity index (χ1v) is 17.1. The van der Waals surface area contributed by atoms with Crippen LogP contribution in [0, 0.1) is 11.8 Å². The Morgan fingerprint density at radius 3 is 1.78 bits per heavy atom. The average molecular weight is 555 g/mol. The van der Waals surface area contributed by atoms with Gasteiger partial charge in [0.05, 0.1) is 18.3 Å². The van der Waals surface area contributed by atoms with Crippen LogP contribution in [0.5, 0.6) is 0 Å². The zero-order chi connectivity index (χ0) is 27.2.